The third kappa shape index (κ3) is 3.14. The number of benzene rings is 1. The lowest BCUT2D eigenvalue weighted by atomic mass is 10.2. The summed E-state index contributed by atoms with van der Waals surface area (Å²) < 4.78 is 5.01. The van der Waals surface area contributed by atoms with Gasteiger partial charge in [0.05, 0.1) is 13.3 Å². The molecule has 0 amide bonds. The lowest BCUT2D eigenvalue weighted by Gasteiger charge is -1.98. The minimum absolute atomic E-state index is 0.815. The molecule has 5 nitrogen and oxygen atoms in total. The normalized spacial score (nSPS) is 10.9. The third-order valence-corrected chi connectivity index (χ3v) is 1.52. The number of nitrogens with two attached hydrogens (primary N) is 1. The van der Waals surface area contributed by atoms with Gasteiger partial charge in [0.2, 0.25) is 0 Å². The van der Waals surface area contributed by atoms with Crippen LogP contribution in [0.25, 0.3) is 0 Å². The van der Waals surface area contributed by atoms with Crippen LogP contribution in [0.2, 0.25) is 0 Å². The van der Waals surface area contributed by atoms with E-state index in [2.05, 4.69) is 15.7 Å². The molecule has 5 heteroatoms. The van der Waals surface area contributed by atoms with Gasteiger partial charge in [-0.1, -0.05) is 0 Å². The molecule has 0 aromatic heterocycles. The molecule has 0 atom stereocenters. The zero-order valence-electron chi connectivity index (χ0n) is 7.84. The highest BCUT2D eigenvalue weighted by atomic mass is 16.5. The van der Waals surface area contributed by atoms with Gasteiger partial charge in [0, 0.05) is 0 Å². The Hall–Kier alpha value is -2.04. The fourth-order valence-electron chi connectivity index (χ4n) is 0.860. The summed E-state index contributed by atoms with van der Waals surface area (Å²) in [4.78, 5) is 0. The zero-order chi connectivity index (χ0) is 10.2. The molecule has 0 heterocycles. The maximum atomic E-state index is 5.01. The smallest absolute Gasteiger partial charge is 0.118 e. The molecule has 0 fully saturated rings. The summed E-state index contributed by atoms with van der Waals surface area (Å²) in [5.41, 5.74) is 8.35. The van der Waals surface area contributed by atoms with Crippen molar-refractivity contribution in [3.63, 3.8) is 0 Å². The van der Waals surface area contributed by atoms with Gasteiger partial charge < -0.3 is 10.5 Å². The topological polar surface area (TPSA) is 72.0 Å². The summed E-state index contributed by atoms with van der Waals surface area (Å²) in [7, 11) is 1.63. The van der Waals surface area contributed by atoms with Crippen LogP contribution in [0.5, 0.6) is 5.75 Å². The number of rotatable bonds is 4. The van der Waals surface area contributed by atoms with Gasteiger partial charge >= 0.3 is 0 Å². The van der Waals surface area contributed by atoms with Crippen molar-refractivity contribution in [3.8, 4) is 5.75 Å². The minimum atomic E-state index is 0.815. The zero-order valence-corrected chi connectivity index (χ0v) is 7.84. The molecule has 0 aliphatic carbocycles. The quantitative estimate of drug-likeness (QED) is 0.415. The van der Waals surface area contributed by atoms with Crippen LogP contribution in [-0.2, 0) is 0 Å². The van der Waals surface area contributed by atoms with Crippen molar-refractivity contribution in [2.75, 3.05) is 7.11 Å². The molecule has 0 aliphatic heterocycles. The molecule has 14 heavy (non-hydrogen) atoms. The fourth-order valence-corrected chi connectivity index (χ4v) is 0.860. The third-order valence-electron chi connectivity index (χ3n) is 1.52. The Morgan fingerprint density at radius 3 is 2.57 bits per heavy atom. The number of hydrogen-bond donors (Lipinski definition) is 2. The molecule has 3 N–H and O–H groups in total. The van der Waals surface area contributed by atoms with E-state index in [-0.39, 0.29) is 0 Å². The molecule has 0 bridgehead atoms. The Morgan fingerprint density at radius 2 is 2.00 bits per heavy atom. The predicted octanol–water partition coefficient (Wildman–Crippen LogP) is 0.521. The summed E-state index contributed by atoms with van der Waals surface area (Å²) in [6, 6.07) is 7.48. The van der Waals surface area contributed by atoms with Crippen LogP contribution < -0.4 is 16.0 Å². The average molecular weight is 192 g/mol. The second-order valence-corrected chi connectivity index (χ2v) is 2.41. The largest absolute Gasteiger partial charge is 0.497 e. The van der Waals surface area contributed by atoms with Crippen molar-refractivity contribution in [2.24, 2.45) is 15.9 Å². The second-order valence-electron chi connectivity index (χ2n) is 2.41. The lowest BCUT2D eigenvalue weighted by Crippen LogP contribution is -2.00. The Kier molecular flexibility index (Phi) is 4.00. The van der Waals surface area contributed by atoms with Crippen molar-refractivity contribution < 1.29 is 4.74 Å². The van der Waals surface area contributed by atoms with E-state index >= 15 is 0 Å². The van der Waals surface area contributed by atoms with Gasteiger partial charge in [-0.3, -0.25) is 0 Å². The lowest BCUT2D eigenvalue weighted by molar-refractivity contribution is 0.415. The highest BCUT2D eigenvalue weighted by Crippen LogP contribution is 2.09. The minimum Gasteiger partial charge on any atom is -0.497 e. The van der Waals surface area contributed by atoms with Crippen LogP contribution in [-0.4, -0.2) is 19.7 Å². The van der Waals surface area contributed by atoms with Crippen LogP contribution in [0, 0.1) is 0 Å². The molecule has 74 valence electrons. The van der Waals surface area contributed by atoms with E-state index in [4.69, 9.17) is 10.5 Å². The van der Waals surface area contributed by atoms with Gasteiger partial charge in [0.1, 0.15) is 12.1 Å². The van der Waals surface area contributed by atoms with E-state index in [0.29, 0.717) is 0 Å². The molecular formula is C9H12N4O. The van der Waals surface area contributed by atoms with Crippen molar-refractivity contribution in [2.45, 2.75) is 0 Å². The summed E-state index contributed by atoms with van der Waals surface area (Å²) in [5.74, 6) is 0.815. The summed E-state index contributed by atoms with van der Waals surface area (Å²) in [5, 5.41) is 7.29. The predicted molar refractivity (Wildman–Crippen MR) is 56.4 cm³/mol. The summed E-state index contributed by atoms with van der Waals surface area (Å²) in [6.45, 7) is 0. The highest BCUT2D eigenvalue weighted by Gasteiger charge is 1.89. The van der Waals surface area contributed by atoms with E-state index in [9.17, 15) is 0 Å². The Morgan fingerprint density at radius 1 is 1.29 bits per heavy atom. The fraction of sp³-hybridized carbons (Fsp3) is 0.111. The summed E-state index contributed by atoms with van der Waals surface area (Å²) in [6.07, 6.45) is 2.76. The molecule has 1 rings (SSSR count). The van der Waals surface area contributed by atoms with E-state index in [1.807, 2.05) is 24.3 Å². The maximum Gasteiger partial charge on any atom is 0.118 e. The van der Waals surface area contributed by atoms with Gasteiger partial charge in [0.15, 0.2) is 0 Å². The number of methoxy groups -OCH3 is 1. The molecule has 0 unspecified atom stereocenters. The average Bonchev–Trinajstić information content (AvgIpc) is 2.25. The number of hydrazone groups is 2. The van der Waals surface area contributed by atoms with Crippen LogP contribution in [0.15, 0.2) is 34.5 Å². The van der Waals surface area contributed by atoms with Crippen LogP contribution in [0.1, 0.15) is 5.56 Å². The number of hydrogen-bond acceptors (Lipinski definition) is 4. The summed E-state index contributed by atoms with van der Waals surface area (Å²) >= 11 is 0. The Labute approximate surface area is 82.3 Å². The van der Waals surface area contributed by atoms with E-state index in [1.165, 1.54) is 0 Å². The number of nitrogens with zero attached hydrogens (tertiary/aromatic N) is 2. The van der Waals surface area contributed by atoms with Crippen molar-refractivity contribution in [3.05, 3.63) is 29.8 Å². The van der Waals surface area contributed by atoms with Crippen molar-refractivity contribution in [1.29, 1.82) is 0 Å². The molecule has 1 aromatic rings. The van der Waals surface area contributed by atoms with E-state index < -0.39 is 0 Å². The van der Waals surface area contributed by atoms with E-state index in [0.717, 1.165) is 17.7 Å². The maximum absolute atomic E-state index is 5.01. The number of ether oxygens (including phenoxy) is 1. The van der Waals surface area contributed by atoms with Gasteiger partial charge in [-0.15, -0.1) is 5.10 Å². The Bertz CT molecular complexity index is 318. The van der Waals surface area contributed by atoms with Crippen LogP contribution in [0.4, 0.5) is 0 Å². The molecular weight excluding hydrogens is 180 g/mol. The highest BCUT2D eigenvalue weighted by molar-refractivity contribution is 5.79. The molecule has 0 saturated heterocycles. The van der Waals surface area contributed by atoms with Gasteiger partial charge in [-0.2, -0.15) is 10.6 Å². The van der Waals surface area contributed by atoms with Crippen LogP contribution >= 0.6 is 0 Å². The molecule has 1 aromatic carbocycles. The first-order valence-corrected chi connectivity index (χ1v) is 4.02. The first kappa shape index (κ1) is 10.0. The van der Waals surface area contributed by atoms with Crippen molar-refractivity contribution in [1.82, 2.24) is 5.53 Å². The Balaban J connectivity index is 2.55. The molecule has 0 spiro atoms. The van der Waals surface area contributed by atoms with Crippen molar-refractivity contribution >= 4 is 12.6 Å². The molecule has 0 radical (unpaired) electrons. The first-order chi connectivity index (χ1) is 6.86. The standard InChI is InChI=1S/C9H12N4O/c1-14-9-4-2-8(3-5-9)6-11-13-12-7-10/h2-7,13H,1H3,(H2,10,12)/b11-6+. The SMILES string of the molecule is COc1ccc(/C=N/N/N=C\N)cc1. The van der Waals surface area contributed by atoms with Gasteiger partial charge in [0.25, 0.3) is 0 Å². The van der Waals surface area contributed by atoms with E-state index in [1.54, 1.807) is 13.3 Å². The molecule has 0 aliphatic rings. The molecule has 0 saturated carbocycles. The first-order valence-electron chi connectivity index (χ1n) is 4.02. The second kappa shape index (κ2) is 5.58. The van der Waals surface area contributed by atoms with Gasteiger partial charge in [-0.05, 0) is 29.8 Å². The monoisotopic (exact) mass is 192 g/mol. The van der Waals surface area contributed by atoms with Crippen LogP contribution in [0.3, 0.4) is 0 Å². The number of nitrogens with one attached hydrogen (secondary N) is 1. The van der Waals surface area contributed by atoms with Gasteiger partial charge in [-0.25, -0.2) is 0 Å².